The molecule has 0 fully saturated rings. The first kappa shape index (κ1) is 27.1. The Kier molecular flexibility index (Phi) is 8.51. The number of aryl methyl sites for hydroxylation is 2. The van der Waals surface area contributed by atoms with Crippen molar-refractivity contribution in [2.24, 2.45) is 7.05 Å². The van der Waals surface area contributed by atoms with Crippen molar-refractivity contribution in [1.29, 1.82) is 0 Å². The highest BCUT2D eigenvalue weighted by Gasteiger charge is 2.25. The summed E-state index contributed by atoms with van der Waals surface area (Å²) in [6.45, 7) is 3.14. The first-order valence-corrected chi connectivity index (χ1v) is 13.7. The summed E-state index contributed by atoms with van der Waals surface area (Å²) in [6, 6.07) is 28.1. The van der Waals surface area contributed by atoms with E-state index in [0.29, 0.717) is 0 Å². The predicted octanol–water partition coefficient (Wildman–Crippen LogP) is 1.18. The summed E-state index contributed by atoms with van der Waals surface area (Å²) in [5.41, 5.74) is 7.30. The summed E-state index contributed by atoms with van der Waals surface area (Å²) in [5, 5.41) is 11.9. The van der Waals surface area contributed by atoms with Gasteiger partial charge in [-0.2, -0.15) is 4.57 Å². The third-order valence-corrected chi connectivity index (χ3v) is 7.12. The molecule has 1 aromatic heterocycles. The highest BCUT2D eigenvalue weighted by molar-refractivity contribution is 8.03. The molecule has 0 spiro atoms. The van der Waals surface area contributed by atoms with Crippen LogP contribution < -0.4 is 28.1 Å². The average molecular weight is 539 g/mol. The Morgan fingerprint density at radius 1 is 0.946 bits per heavy atom. The molecule has 0 unspecified atom stereocenters. The number of aliphatic hydroxyl groups excluding tert-OH is 1. The SMILES string of the molecule is Cc1ccc2c(c1)c(C=C1Sc3ccccc3N1CCCO)cc(-c1ccccc1)[n+]2C.[O-][Cl+3]([O-])([O-])[O-]. The van der Waals surface area contributed by atoms with Crippen molar-refractivity contribution in [3.63, 3.8) is 0 Å². The Balaban J connectivity index is 0.000000586. The van der Waals surface area contributed by atoms with Gasteiger partial charge in [0.2, 0.25) is 11.2 Å². The maximum atomic E-state index is 9.46. The largest absolute Gasteiger partial charge is 0.396 e. The highest BCUT2D eigenvalue weighted by atomic mass is 35.7. The second-order valence-electron chi connectivity index (χ2n) is 8.59. The lowest BCUT2D eigenvalue weighted by Gasteiger charge is -2.20. The number of benzene rings is 3. The predicted molar refractivity (Wildman–Crippen MR) is 135 cm³/mol. The Morgan fingerprint density at radius 2 is 1.62 bits per heavy atom. The number of hydrogen-bond acceptors (Lipinski definition) is 7. The van der Waals surface area contributed by atoms with Crippen LogP contribution in [0.3, 0.4) is 0 Å². The van der Waals surface area contributed by atoms with E-state index in [1.165, 1.54) is 48.9 Å². The topological polar surface area (TPSA) is 120 Å². The van der Waals surface area contributed by atoms with Crippen molar-refractivity contribution in [1.82, 2.24) is 0 Å². The zero-order valence-electron chi connectivity index (χ0n) is 20.5. The third kappa shape index (κ3) is 6.68. The van der Waals surface area contributed by atoms with Gasteiger partial charge >= 0.3 is 0 Å². The fourth-order valence-corrected chi connectivity index (χ4v) is 5.52. The number of halogens is 1. The van der Waals surface area contributed by atoms with Gasteiger partial charge in [-0.25, -0.2) is 18.6 Å². The standard InChI is InChI=1S/C28H27N2OS.ClHO4/c1-20-13-14-24-23(17-20)22(18-26(29(24)2)21-9-4-3-5-10-21)19-28-30(15-8-16-31)25-11-6-7-12-27(25)32-28;2-1(3,4)5/h3-7,9-14,17-19,31H,8,15-16H2,1-2H3;(H,2,3,4,5)/q+1;/p-1. The van der Waals surface area contributed by atoms with E-state index in [2.05, 4.69) is 108 Å². The zero-order valence-corrected chi connectivity index (χ0v) is 22.0. The molecule has 9 heteroatoms. The number of rotatable bonds is 5. The Morgan fingerprint density at radius 3 is 2.32 bits per heavy atom. The molecule has 0 saturated carbocycles. The molecule has 1 aliphatic heterocycles. The highest BCUT2D eigenvalue weighted by Crippen LogP contribution is 2.46. The van der Waals surface area contributed by atoms with Crippen molar-refractivity contribution >= 4 is 34.4 Å². The van der Waals surface area contributed by atoms with Crippen LogP contribution in [-0.2, 0) is 7.05 Å². The molecule has 0 atom stereocenters. The molecule has 0 aliphatic carbocycles. The first-order chi connectivity index (χ1) is 17.7. The number of aromatic nitrogens is 1. The van der Waals surface area contributed by atoms with E-state index in [0.717, 1.165) is 13.0 Å². The van der Waals surface area contributed by atoms with Gasteiger partial charge in [0.25, 0.3) is 0 Å². The summed E-state index contributed by atoms with van der Waals surface area (Å²) in [5.74, 6) is 0. The van der Waals surface area contributed by atoms with Gasteiger partial charge in [-0.3, -0.25) is 0 Å². The molecule has 5 rings (SSSR count). The molecule has 2 heterocycles. The lowest BCUT2D eigenvalue weighted by atomic mass is 10.0. The molecular formula is C28H27ClN2O5S. The van der Waals surface area contributed by atoms with E-state index in [1.54, 1.807) is 11.8 Å². The number of para-hydroxylation sites is 1. The second kappa shape index (κ2) is 11.6. The van der Waals surface area contributed by atoms with Crippen LogP contribution >= 0.6 is 11.8 Å². The number of pyridine rings is 1. The number of aliphatic hydroxyl groups is 1. The van der Waals surface area contributed by atoms with Gasteiger partial charge in [0, 0.05) is 35.7 Å². The molecule has 7 nitrogen and oxygen atoms in total. The van der Waals surface area contributed by atoms with Crippen LogP contribution in [0, 0.1) is 17.2 Å². The van der Waals surface area contributed by atoms with Crippen LogP contribution in [0.5, 0.6) is 0 Å². The molecule has 3 aromatic carbocycles. The van der Waals surface area contributed by atoms with Gasteiger partial charge < -0.3 is 10.0 Å². The smallest absolute Gasteiger partial charge is 0.213 e. The van der Waals surface area contributed by atoms with Crippen LogP contribution in [0.15, 0.2) is 88.8 Å². The van der Waals surface area contributed by atoms with Gasteiger partial charge in [0.15, 0.2) is 0 Å². The van der Waals surface area contributed by atoms with Gasteiger partial charge in [-0.15, -0.1) is 10.2 Å². The second-order valence-corrected chi connectivity index (χ2v) is 10.4. The van der Waals surface area contributed by atoms with E-state index in [4.69, 9.17) is 18.6 Å². The molecule has 0 radical (unpaired) electrons. The van der Waals surface area contributed by atoms with Crippen molar-refractivity contribution < 1.29 is 38.6 Å². The maximum absolute atomic E-state index is 9.46. The summed E-state index contributed by atoms with van der Waals surface area (Å²) in [6.07, 6.45) is 3.06. The molecule has 192 valence electrons. The lowest BCUT2D eigenvalue weighted by Crippen LogP contribution is -2.68. The van der Waals surface area contributed by atoms with Crippen LogP contribution in [0.1, 0.15) is 17.5 Å². The number of anilines is 1. The Labute approximate surface area is 222 Å². The van der Waals surface area contributed by atoms with Crippen LogP contribution in [0.2, 0.25) is 0 Å². The van der Waals surface area contributed by atoms with E-state index in [1.807, 2.05) is 0 Å². The summed E-state index contributed by atoms with van der Waals surface area (Å²) in [4.78, 5) is 3.61. The number of fused-ring (bicyclic) bond motifs is 2. The minimum absolute atomic E-state index is 0.193. The average Bonchev–Trinajstić information content (AvgIpc) is 3.20. The first-order valence-electron chi connectivity index (χ1n) is 11.6. The molecular weight excluding hydrogens is 512 g/mol. The summed E-state index contributed by atoms with van der Waals surface area (Å²) >= 11 is 1.81. The fraction of sp³-hybridized carbons (Fsp3) is 0.179. The molecule has 0 bridgehead atoms. The zero-order chi connectivity index (χ0) is 26.6. The Hall–Kier alpha value is -2.95. The van der Waals surface area contributed by atoms with Gasteiger partial charge in [0.1, 0.15) is 7.05 Å². The third-order valence-electron chi connectivity index (χ3n) is 6.00. The van der Waals surface area contributed by atoms with E-state index in [-0.39, 0.29) is 6.61 Å². The van der Waals surface area contributed by atoms with Gasteiger partial charge in [-0.1, -0.05) is 53.7 Å². The minimum Gasteiger partial charge on any atom is -0.396 e. The normalized spacial score (nSPS) is 14.0. The maximum Gasteiger partial charge on any atom is 0.213 e. The van der Waals surface area contributed by atoms with Gasteiger partial charge in [0.05, 0.1) is 16.1 Å². The molecule has 37 heavy (non-hydrogen) atoms. The van der Waals surface area contributed by atoms with Gasteiger partial charge in [-0.05, 0) is 55.3 Å². The van der Waals surface area contributed by atoms with Crippen molar-refractivity contribution in [2.75, 3.05) is 18.1 Å². The number of hydrogen-bond donors (Lipinski definition) is 1. The van der Waals surface area contributed by atoms with Crippen molar-refractivity contribution in [3.05, 3.63) is 95.0 Å². The minimum atomic E-state index is -4.94. The van der Waals surface area contributed by atoms with Crippen LogP contribution in [0.25, 0.3) is 28.2 Å². The quantitative estimate of drug-likeness (QED) is 0.379. The summed E-state index contributed by atoms with van der Waals surface area (Å²) in [7, 11) is -2.80. The van der Waals surface area contributed by atoms with E-state index in [9.17, 15) is 5.11 Å². The van der Waals surface area contributed by atoms with Crippen LogP contribution in [-0.4, -0.2) is 18.3 Å². The molecule has 0 amide bonds. The number of thioether (sulfide) groups is 1. The molecule has 1 aliphatic rings. The van der Waals surface area contributed by atoms with Crippen molar-refractivity contribution in [2.45, 2.75) is 18.2 Å². The molecule has 4 aromatic rings. The Bertz CT molecular complexity index is 1420. The van der Waals surface area contributed by atoms with Crippen LogP contribution in [0.4, 0.5) is 5.69 Å². The monoisotopic (exact) mass is 538 g/mol. The number of nitrogens with zero attached hydrogens (tertiary/aromatic N) is 2. The fourth-order valence-electron chi connectivity index (χ4n) is 4.38. The van der Waals surface area contributed by atoms with Crippen molar-refractivity contribution in [3.8, 4) is 11.3 Å². The molecule has 1 N–H and O–H groups in total. The summed E-state index contributed by atoms with van der Waals surface area (Å²) < 4.78 is 36.3. The molecule has 0 saturated heterocycles. The lowest BCUT2D eigenvalue weighted by molar-refractivity contribution is -2.00. The van der Waals surface area contributed by atoms with E-state index < -0.39 is 10.2 Å². The van der Waals surface area contributed by atoms with E-state index >= 15 is 0 Å².